The van der Waals surface area contributed by atoms with Crippen molar-refractivity contribution < 1.29 is 19.2 Å². The van der Waals surface area contributed by atoms with E-state index in [1.54, 1.807) is 18.5 Å². The molecule has 0 spiro atoms. The van der Waals surface area contributed by atoms with Gasteiger partial charge in [-0.3, -0.25) is 14.8 Å². The average Bonchev–Trinajstić information content (AvgIpc) is 3.06. The summed E-state index contributed by atoms with van der Waals surface area (Å²) >= 11 is 0. The van der Waals surface area contributed by atoms with Gasteiger partial charge in [-0.05, 0) is 25.3 Å². The fraction of sp³-hybridized carbons (Fsp3) is 0.571. The number of carbonyl (C=O) groups excluding carboxylic acids is 2. The third kappa shape index (κ3) is 4.70. The Hall–Kier alpha value is -1.82. The Kier molecular flexibility index (Phi) is 6.79. The predicted molar refractivity (Wildman–Crippen MR) is 73.2 cm³/mol. The zero-order chi connectivity index (χ0) is 15.0. The van der Waals surface area contributed by atoms with Crippen LogP contribution < -0.4 is 11.2 Å². The Morgan fingerprint density at radius 2 is 2.15 bits per heavy atom. The molecule has 2 rings (SSSR count). The number of hydrogen-bond donors (Lipinski definition) is 3. The number of nitrogens with one attached hydrogen (secondary N) is 1. The van der Waals surface area contributed by atoms with E-state index in [1.807, 2.05) is 0 Å². The minimum absolute atomic E-state index is 0.250. The number of hydrogen-bond acceptors (Lipinski definition) is 4. The van der Waals surface area contributed by atoms with Gasteiger partial charge in [0.1, 0.15) is 11.5 Å². The van der Waals surface area contributed by atoms with Crippen molar-refractivity contribution in [1.29, 1.82) is 0 Å². The van der Waals surface area contributed by atoms with Gasteiger partial charge in [0.2, 0.25) is 6.41 Å². The molecule has 0 aromatic carbocycles. The summed E-state index contributed by atoms with van der Waals surface area (Å²) in [5.74, 6) is 1.72. The zero-order valence-corrected chi connectivity index (χ0v) is 11.7. The van der Waals surface area contributed by atoms with E-state index >= 15 is 0 Å². The smallest absolute Gasteiger partial charge is 0.278 e. The van der Waals surface area contributed by atoms with Crippen LogP contribution in [0.2, 0.25) is 0 Å². The molecule has 20 heavy (non-hydrogen) atoms. The molecule has 6 heteroatoms. The molecule has 1 fully saturated rings. The normalized spacial score (nSPS) is 14.5. The molecule has 1 saturated carbocycles. The number of amides is 2. The van der Waals surface area contributed by atoms with E-state index < -0.39 is 5.91 Å². The Labute approximate surface area is 118 Å². The van der Waals surface area contributed by atoms with Crippen molar-refractivity contribution in [1.82, 2.24) is 5.48 Å². The maximum absolute atomic E-state index is 11.3. The molecule has 0 aliphatic heterocycles. The summed E-state index contributed by atoms with van der Waals surface area (Å²) in [6, 6.07) is 1.73. The Morgan fingerprint density at radius 3 is 2.70 bits per heavy atom. The number of rotatable bonds is 4. The van der Waals surface area contributed by atoms with E-state index in [1.165, 1.54) is 25.7 Å². The van der Waals surface area contributed by atoms with Crippen LogP contribution in [-0.2, 0) is 11.2 Å². The molecule has 1 heterocycles. The van der Waals surface area contributed by atoms with Crippen molar-refractivity contribution in [3.8, 4) is 0 Å². The molecular weight excluding hydrogens is 260 g/mol. The van der Waals surface area contributed by atoms with Crippen LogP contribution in [0.25, 0.3) is 0 Å². The molecule has 0 unspecified atom stereocenters. The minimum Gasteiger partial charge on any atom is -0.466 e. The van der Waals surface area contributed by atoms with Crippen LogP contribution in [0.5, 0.6) is 0 Å². The molecule has 1 aromatic heterocycles. The fourth-order valence-electron chi connectivity index (χ4n) is 2.60. The van der Waals surface area contributed by atoms with Crippen molar-refractivity contribution in [2.45, 2.75) is 45.4 Å². The van der Waals surface area contributed by atoms with Crippen LogP contribution in [0.4, 0.5) is 0 Å². The van der Waals surface area contributed by atoms with Crippen molar-refractivity contribution >= 4 is 12.3 Å². The number of aryl methyl sites for hydroxylation is 2. The van der Waals surface area contributed by atoms with Crippen LogP contribution in [0.15, 0.2) is 10.5 Å². The number of primary amides is 1. The van der Waals surface area contributed by atoms with Gasteiger partial charge in [0.15, 0.2) is 0 Å². The van der Waals surface area contributed by atoms with Gasteiger partial charge < -0.3 is 10.2 Å². The Balaban J connectivity index is 0.000000612. The summed E-state index contributed by atoms with van der Waals surface area (Å²) in [5.41, 5.74) is 6.23. The minimum atomic E-state index is -0.502. The highest BCUT2D eigenvalue weighted by Crippen LogP contribution is 2.29. The Morgan fingerprint density at radius 1 is 1.55 bits per heavy atom. The largest absolute Gasteiger partial charge is 0.466 e. The maximum Gasteiger partial charge on any atom is 0.278 e. The van der Waals surface area contributed by atoms with Crippen molar-refractivity contribution in [3.05, 3.63) is 23.2 Å². The molecule has 1 aliphatic carbocycles. The molecular formula is C14H22N2O4. The van der Waals surface area contributed by atoms with Gasteiger partial charge >= 0.3 is 0 Å². The maximum atomic E-state index is 11.3. The quantitative estimate of drug-likeness (QED) is 0.445. The summed E-state index contributed by atoms with van der Waals surface area (Å²) < 4.78 is 5.53. The lowest BCUT2D eigenvalue weighted by molar-refractivity contribution is -0.106. The zero-order valence-electron chi connectivity index (χ0n) is 11.7. The summed E-state index contributed by atoms with van der Waals surface area (Å²) in [7, 11) is 0. The molecule has 4 N–H and O–H groups in total. The van der Waals surface area contributed by atoms with Crippen molar-refractivity contribution in [2.75, 3.05) is 0 Å². The molecule has 1 aromatic rings. The Bertz CT molecular complexity index is 436. The van der Waals surface area contributed by atoms with Gasteiger partial charge in [-0.1, -0.05) is 25.7 Å². The van der Waals surface area contributed by atoms with Gasteiger partial charge in [0.05, 0.1) is 5.56 Å². The summed E-state index contributed by atoms with van der Waals surface area (Å²) in [6.45, 7) is 1.74. The van der Waals surface area contributed by atoms with Crippen molar-refractivity contribution in [3.63, 3.8) is 0 Å². The molecule has 0 radical (unpaired) electrons. The topological polar surface area (TPSA) is 106 Å². The summed E-state index contributed by atoms with van der Waals surface area (Å²) in [6.07, 6.45) is 7.60. The van der Waals surface area contributed by atoms with Gasteiger partial charge in [-0.25, -0.2) is 5.48 Å². The highest BCUT2D eigenvalue weighted by atomic mass is 16.5. The number of carbonyl (C=O) groups is 2. The molecule has 2 amide bonds. The lowest BCUT2D eigenvalue weighted by Crippen LogP contribution is -2.18. The van der Waals surface area contributed by atoms with Gasteiger partial charge in [-0.2, -0.15) is 0 Å². The first-order chi connectivity index (χ1) is 9.62. The van der Waals surface area contributed by atoms with Gasteiger partial charge in [0, 0.05) is 6.42 Å². The third-order valence-corrected chi connectivity index (χ3v) is 3.59. The molecule has 112 valence electrons. The summed E-state index contributed by atoms with van der Waals surface area (Å²) in [5, 5.41) is 8.58. The van der Waals surface area contributed by atoms with Crippen LogP contribution >= 0.6 is 0 Å². The lowest BCUT2D eigenvalue weighted by Gasteiger charge is -2.05. The SMILES string of the molecule is Cc1oc(CCC2CCCC2)cc1C(=O)NO.NC=O. The van der Waals surface area contributed by atoms with E-state index in [0.29, 0.717) is 11.3 Å². The molecule has 0 saturated heterocycles. The van der Waals surface area contributed by atoms with Crippen LogP contribution in [0, 0.1) is 12.8 Å². The predicted octanol–water partition coefficient (Wildman–Crippen LogP) is 1.93. The van der Waals surface area contributed by atoms with Gasteiger partial charge in [0.25, 0.3) is 5.91 Å². The molecule has 1 aliphatic rings. The van der Waals surface area contributed by atoms with E-state index in [-0.39, 0.29) is 6.41 Å². The van der Waals surface area contributed by atoms with Gasteiger partial charge in [-0.15, -0.1) is 0 Å². The van der Waals surface area contributed by atoms with E-state index in [2.05, 4.69) is 5.73 Å². The second-order valence-electron chi connectivity index (χ2n) is 4.95. The average molecular weight is 282 g/mol. The van der Waals surface area contributed by atoms with Crippen molar-refractivity contribution in [2.24, 2.45) is 11.7 Å². The third-order valence-electron chi connectivity index (χ3n) is 3.59. The monoisotopic (exact) mass is 282 g/mol. The van der Waals surface area contributed by atoms with E-state index in [0.717, 1.165) is 24.5 Å². The van der Waals surface area contributed by atoms with Crippen LogP contribution in [-0.4, -0.2) is 17.5 Å². The van der Waals surface area contributed by atoms with E-state index in [4.69, 9.17) is 14.4 Å². The molecule has 6 nitrogen and oxygen atoms in total. The first-order valence-electron chi connectivity index (χ1n) is 6.81. The number of nitrogens with two attached hydrogens (primary N) is 1. The number of hydroxylamine groups is 1. The highest BCUT2D eigenvalue weighted by molar-refractivity contribution is 5.94. The van der Waals surface area contributed by atoms with E-state index in [9.17, 15) is 4.79 Å². The summed E-state index contributed by atoms with van der Waals surface area (Å²) in [4.78, 5) is 19.9. The highest BCUT2D eigenvalue weighted by Gasteiger charge is 2.18. The second kappa shape index (κ2) is 8.37. The molecule has 0 atom stereocenters. The fourth-order valence-corrected chi connectivity index (χ4v) is 2.60. The first-order valence-corrected chi connectivity index (χ1v) is 6.81. The van der Waals surface area contributed by atoms with Crippen LogP contribution in [0.1, 0.15) is 54.0 Å². The number of furan rings is 1. The lowest BCUT2D eigenvalue weighted by atomic mass is 10.0. The second-order valence-corrected chi connectivity index (χ2v) is 4.95. The standard InChI is InChI=1S/C13H19NO3.CH3NO/c1-9-12(13(15)14-16)8-11(17-9)7-6-10-4-2-3-5-10;2-1-3/h8,10,16H,2-7H2,1H3,(H,14,15);1H,(H2,2,3). The molecule has 0 bridgehead atoms. The first kappa shape index (κ1) is 16.2. The van der Waals surface area contributed by atoms with Crippen LogP contribution in [0.3, 0.4) is 0 Å².